The largest absolute Gasteiger partial charge is 0.305 e. The lowest BCUT2D eigenvalue weighted by atomic mass is 9.96. The Morgan fingerprint density at radius 2 is 2.31 bits per heavy atom. The molecule has 1 aromatic heterocycles. The molecule has 0 bridgehead atoms. The molecule has 90 valence electrons. The fourth-order valence-corrected chi connectivity index (χ4v) is 1.88. The van der Waals surface area contributed by atoms with Crippen LogP contribution in [0.4, 0.5) is 0 Å². The highest BCUT2D eigenvalue weighted by Gasteiger charge is 2.23. The summed E-state index contributed by atoms with van der Waals surface area (Å²) in [7, 11) is 1.95. The minimum absolute atomic E-state index is 0.0329. The molecule has 3 heteroatoms. The van der Waals surface area contributed by atoms with E-state index in [1.807, 2.05) is 24.0 Å². The van der Waals surface area contributed by atoms with Crippen molar-refractivity contribution in [2.75, 3.05) is 0 Å². The normalized spacial score (nSPS) is 13.8. The monoisotopic (exact) mass is 221 g/mol. The summed E-state index contributed by atoms with van der Waals surface area (Å²) < 4.78 is 1.84. The summed E-state index contributed by atoms with van der Waals surface area (Å²) in [5, 5.41) is 7.83. The zero-order valence-corrected chi connectivity index (χ0v) is 10.8. The summed E-state index contributed by atoms with van der Waals surface area (Å²) in [4.78, 5) is 0. The van der Waals surface area contributed by atoms with Crippen molar-refractivity contribution in [2.24, 2.45) is 7.05 Å². The Hall–Kier alpha value is -1.09. The molecule has 0 aromatic carbocycles. The summed E-state index contributed by atoms with van der Waals surface area (Å²) >= 11 is 0. The van der Waals surface area contributed by atoms with Crippen molar-refractivity contribution >= 4 is 0 Å². The molecular formula is C13H23N3. The van der Waals surface area contributed by atoms with Crippen LogP contribution in [0.1, 0.15) is 39.2 Å². The third-order valence-corrected chi connectivity index (χ3v) is 2.84. The van der Waals surface area contributed by atoms with Gasteiger partial charge in [0.05, 0.1) is 6.20 Å². The first-order valence-electron chi connectivity index (χ1n) is 5.83. The van der Waals surface area contributed by atoms with Gasteiger partial charge in [-0.2, -0.15) is 5.10 Å². The lowest BCUT2D eigenvalue weighted by molar-refractivity contribution is 0.342. The standard InChI is InChI=1S/C13H23N3/c1-6-7-8-11(2)15-13(3,4)12-9-14-16(5)10-12/h6,9-11,15H,1,7-8H2,2-5H3. The summed E-state index contributed by atoms with van der Waals surface area (Å²) in [5.74, 6) is 0. The molecule has 1 aromatic rings. The van der Waals surface area contributed by atoms with Crippen LogP contribution in [0.3, 0.4) is 0 Å². The number of aromatic nitrogens is 2. The molecule has 0 aliphatic rings. The number of aryl methyl sites for hydroxylation is 1. The lowest BCUT2D eigenvalue weighted by Crippen LogP contribution is -2.42. The fourth-order valence-electron chi connectivity index (χ4n) is 1.88. The van der Waals surface area contributed by atoms with Crippen molar-refractivity contribution in [3.8, 4) is 0 Å². The van der Waals surface area contributed by atoms with E-state index in [9.17, 15) is 0 Å². The molecular weight excluding hydrogens is 198 g/mol. The van der Waals surface area contributed by atoms with E-state index in [0.29, 0.717) is 6.04 Å². The van der Waals surface area contributed by atoms with E-state index in [0.717, 1.165) is 12.8 Å². The van der Waals surface area contributed by atoms with Crippen molar-refractivity contribution in [3.05, 3.63) is 30.6 Å². The number of nitrogens with one attached hydrogen (secondary N) is 1. The smallest absolute Gasteiger partial charge is 0.0540 e. The van der Waals surface area contributed by atoms with E-state index in [-0.39, 0.29) is 5.54 Å². The summed E-state index contributed by atoms with van der Waals surface area (Å²) in [6.45, 7) is 10.3. The highest BCUT2D eigenvalue weighted by Crippen LogP contribution is 2.20. The predicted octanol–water partition coefficient (Wildman–Crippen LogP) is 2.60. The van der Waals surface area contributed by atoms with Gasteiger partial charge >= 0.3 is 0 Å². The number of nitrogens with zero attached hydrogens (tertiary/aromatic N) is 2. The van der Waals surface area contributed by atoms with Crippen molar-refractivity contribution in [1.29, 1.82) is 0 Å². The number of hydrogen-bond acceptors (Lipinski definition) is 2. The van der Waals surface area contributed by atoms with Crippen LogP contribution in [0, 0.1) is 0 Å². The molecule has 0 spiro atoms. The third-order valence-electron chi connectivity index (χ3n) is 2.84. The molecule has 1 atom stereocenters. The van der Waals surface area contributed by atoms with Gasteiger partial charge in [0.2, 0.25) is 0 Å². The maximum absolute atomic E-state index is 4.21. The van der Waals surface area contributed by atoms with Crippen LogP contribution in [0.15, 0.2) is 25.0 Å². The van der Waals surface area contributed by atoms with Gasteiger partial charge in [-0.25, -0.2) is 0 Å². The quantitative estimate of drug-likeness (QED) is 0.748. The van der Waals surface area contributed by atoms with Crippen LogP contribution in [0.5, 0.6) is 0 Å². The number of hydrogen-bond donors (Lipinski definition) is 1. The molecule has 0 radical (unpaired) electrons. The molecule has 3 nitrogen and oxygen atoms in total. The Labute approximate surface area is 98.5 Å². The molecule has 0 fully saturated rings. The second kappa shape index (κ2) is 5.30. The average molecular weight is 221 g/mol. The molecule has 1 rings (SSSR count). The fraction of sp³-hybridized carbons (Fsp3) is 0.615. The molecule has 0 amide bonds. The maximum atomic E-state index is 4.21. The predicted molar refractivity (Wildman–Crippen MR) is 68.3 cm³/mol. The van der Waals surface area contributed by atoms with Gasteiger partial charge in [0.15, 0.2) is 0 Å². The first-order valence-corrected chi connectivity index (χ1v) is 5.83. The molecule has 1 N–H and O–H groups in total. The van der Waals surface area contributed by atoms with Crippen molar-refractivity contribution < 1.29 is 0 Å². The van der Waals surface area contributed by atoms with Gasteiger partial charge in [-0.3, -0.25) is 4.68 Å². The second-order valence-electron chi connectivity index (χ2n) is 4.94. The molecule has 1 unspecified atom stereocenters. The minimum Gasteiger partial charge on any atom is -0.305 e. The Balaban J connectivity index is 2.60. The third kappa shape index (κ3) is 3.49. The molecule has 0 saturated heterocycles. The topological polar surface area (TPSA) is 29.9 Å². The van der Waals surface area contributed by atoms with Gasteiger partial charge in [0, 0.05) is 30.4 Å². The summed E-state index contributed by atoms with van der Waals surface area (Å²) in [6, 6.07) is 0.480. The van der Waals surface area contributed by atoms with Gasteiger partial charge in [-0.05, 0) is 33.6 Å². The van der Waals surface area contributed by atoms with Crippen LogP contribution in [0.25, 0.3) is 0 Å². The van der Waals surface area contributed by atoms with Crippen LogP contribution in [-0.4, -0.2) is 15.8 Å². The maximum Gasteiger partial charge on any atom is 0.0540 e. The van der Waals surface area contributed by atoms with Gasteiger partial charge in [0.25, 0.3) is 0 Å². The van der Waals surface area contributed by atoms with Gasteiger partial charge in [-0.1, -0.05) is 6.08 Å². The van der Waals surface area contributed by atoms with E-state index in [2.05, 4.69) is 44.0 Å². The van der Waals surface area contributed by atoms with E-state index in [4.69, 9.17) is 0 Å². The second-order valence-corrected chi connectivity index (χ2v) is 4.94. The van der Waals surface area contributed by atoms with Crippen LogP contribution in [0.2, 0.25) is 0 Å². The lowest BCUT2D eigenvalue weighted by Gasteiger charge is -2.29. The minimum atomic E-state index is -0.0329. The molecule has 1 heterocycles. The van der Waals surface area contributed by atoms with Crippen LogP contribution < -0.4 is 5.32 Å². The van der Waals surface area contributed by atoms with Crippen molar-refractivity contribution in [1.82, 2.24) is 15.1 Å². The highest BCUT2D eigenvalue weighted by atomic mass is 15.2. The molecule has 16 heavy (non-hydrogen) atoms. The molecule has 0 aliphatic heterocycles. The van der Waals surface area contributed by atoms with Crippen molar-refractivity contribution in [2.45, 2.75) is 45.2 Å². The van der Waals surface area contributed by atoms with Gasteiger partial charge < -0.3 is 5.32 Å². The summed E-state index contributed by atoms with van der Waals surface area (Å²) in [6.07, 6.45) is 8.13. The molecule has 0 saturated carbocycles. The van der Waals surface area contributed by atoms with Gasteiger partial charge in [-0.15, -0.1) is 6.58 Å². The zero-order valence-electron chi connectivity index (χ0n) is 10.8. The van der Waals surface area contributed by atoms with E-state index in [1.165, 1.54) is 5.56 Å². The van der Waals surface area contributed by atoms with Crippen LogP contribution >= 0.6 is 0 Å². The SMILES string of the molecule is C=CCCC(C)NC(C)(C)c1cnn(C)c1. The Kier molecular flexibility index (Phi) is 4.30. The zero-order chi connectivity index (χ0) is 12.2. The van der Waals surface area contributed by atoms with Crippen LogP contribution in [-0.2, 0) is 12.6 Å². The average Bonchev–Trinajstić information content (AvgIpc) is 2.62. The first kappa shape index (κ1) is 13.0. The van der Waals surface area contributed by atoms with E-state index >= 15 is 0 Å². The van der Waals surface area contributed by atoms with E-state index in [1.54, 1.807) is 0 Å². The Morgan fingerprint density at radius 1 is 1.62 bits per heavy atom. The number of allylic oxidation sites excluding steroid dienone is 1. The Morgan fingerprint density at radius 3 is 2.81 bits per heavy atom. The summed E-state index contributed by atoms with van der Waals surface area (Å²) in [5.41, 5.74) is 1.19. The van der Waals surface area contributed by atoms with E-state index < -0.39 is 0 Å². The molecule has 0 aliphatic carbocycles. The highest BCUT2D eigenvalue weighted by molar-refractivity contribution is 5.15. The first-order chi connectivity index (χ1) is 7.45. The number of rotatable bonds is 6. The van der Waals surface area contributed by atoms with Crippen molar-refractivity contribution in [3.63, 3.8) is 0 Å². The Bertz CT molecular complexity index is 339. The van der Waals surface area contributed by atoms with Gasteiger partial charge in [0.1, 0.15) is 0 Å².